The molecule has 1 amide bonds. The second kappa shape index (κ2) is 8.96. The Morgan fingerprint density at radius 2 is 2.23 bits per heavy atom. The van der Waals surface area contributed by atoms with Crippen molar-refractivity contribution >= 4 is 29.0 Å². The summed E-state index contributed by atoms with van der Waals surface area (Å²) in [4.78, 5) is 17.9. The summed E-state index contributed by atoms with van der Waals surface area (Å²) in [6.07, 6.45) is 4.11. The largest absolute Gasteiger partial charge is 0.347 e. The van der Waals surface area contributed by atoms with Crippen molar-refractivity contribution in [2.75, 3.05) is 5.75 Å². The van der Waals surface area contributed by atoms with E-state index in [0.717, 1.165) is 28.0 Å². The summed E-state index contributed by atoms with van der Waals surface area (Å²) in [5.74, 6) is 1.67. The van der Waals surface area contributed by atoms with E-state index in [2.05, 4.69) is 24.1 Å². The van der Waals surface area contributed by atoms with E-state index >= 15 is 0 Å². The van der Waals surface area contributed by atoms with Crippen molar-refractivity contribution in [3.8, 4) is 0 Å². The minimum atomic E-state index is -0.0483. The number of thiophene rings is 1. The van der Waals surface area contributed by atoms with Crippen LogP contribution in [0.3, 0.4) is 0 Å². The van der Waals surface area contributed by atoms with Crippen LogP contribution < -0.4 is 5.32 Å². The predicted octanol–water partition coefficient (Wildman–Crippen LogP) is 4.60. The number of aromatic nitrogens is 1. The predicted molar refractivity (Wildman–Crippen MR) is 94.5 cm³/mol. The summed E-state index contributed by atoms with van der Waals surface area (Å²) in [6, 6.07) is 7.68. The van der Waals surface area contributed by atoms with Gasteiger partial charge in [0.05, 0.1) is 12.1 Å². The molecule has 0 bridgehead atoms. The van der Waals surface area contributed by atoms with Crippen LogP contribution in [0.15, 0.2) is 40.9 Å². The van der Waals surface area contributed by atoms with Crippen LogP contribution in [0.2, 0.25) is 0 Å². The number of pyridine rings is 1. The average molecular weight is 335 g/mol. The molecule has 2 aromatic heterocycles. The summed E-state index contributed by atoms with van der Waals surface area (Å²) in [5.41, 5.74) is 0.675. The lowest BCUT2D eigenvalue weighted by Crippen LogP contribution is -2.23. The Balaban J connectivity index is 1.90. The summed E-state index contributed by atoms with van der Waals surface area (Å²) < 4.78 is 0. The maximum Gasteiger partial charge on any atom is 0.254 e. The molecule has 3 nitrogen and oxygen atoms in total. The van der Waals surface area contributed by atoms with Crippen LogP contribution in [0.25, 0.3) is 0 Å². The van der Waals surface area contributed by atoms with Gasteiger partial charge in [-0.2, -0.15) is 0 Å². The third-order valence-corrected chi connectivity index (χ3v) is 5.15. The van der Waals surface area contributed by atoms with Crippen LogP contribution >= 0.6 is 23.1 Å². The van der Waals surface area contributed by atoms with Crippen molar-refractivity contribution in [1.82, 2.24) is 10.3 Å². The molecule has 0 atom stereocenters. The zero-order valence-corrected chi connectivity index (χ0v) is 14.7. The highest BCUT2D eigenvalue weighted by Crippen LogP contribution is 2.22. The molecule has 2 rings (SSSR count). The lowest BCUT2D eigenvalue weighted by atomic mass is 10.1. The van der Waals surface area contributed by atoms with E-state index in [1.54, 1.807) is 29.3 Å². The van der Waals surface area contributed by atoms with E-state index in [1.807, 2.05) is 29.6 Å². The van der Waals surface area contributed by atoms with Crippen molar-refractivity contribution in [2.45, 2.75) is 38.3 Å². The van der Waals surface area contributed by atoms with E-state index in [9.17, 15) is 4.79 Å². The third kappa shape index (κ3) is 5.46. The molecule has 0 saturated heterocycles. The molecule has 0 aliphatic rings. The number of hydrogen-bond acceptors (Lipinski definition) is 4. The number of carbonyl (C=O) groups is 1. The van der Waals surface area contributed by atoms with Gasteiger partial charge < -0.3 is 5.32 Å². The molecule has 2 aromatic rings. The average Bonchev–Trinajstić information content (AvgIpc) is 3.03. The Bertz CT molecular complexity index is 582. The van der Waals surface area contributed by atoms with Crippen LogP contribution in [-0.4, -0.2) is 16.6 Å². The molecule has 118 valence electrons. The normalized spacial score (nSPS) is 10.9. The van der Waals surface area contributed by atoms with E-state index in [0.29, 0.717) is 12.1 Å². The molecule has 0 fully saturated rings. The first kappa shape index (κ1) is 17.0. The van der Waals surface area contributed by atoms with Gasteiger partial charge in [-0.05, 0) is 41.7 Å². The fourth-order valence-electron chi connectivity index (χ4n) is 2.01. The smallest absolute Gasteiger partial charge is 0.254 e. The molecule has 0 aliphatic carbocycles. The number of nitrogens with zero attached hydrogens (tertiary/aromatic N) is 1. The minimum absolute atomic E-state index is 0.0483. The quantitative estimate of drug-likeness (QED) is 0.566. The third-order valence-electron chi connectivity index (χ3n) is 3.18. The van der Waals surface area contributed by atoms with E-state index in [1.165, 1.54) is 6.42 Å². The summed E-state index contributed by atoms with van der Waals surface area (Å²) >= 11 is 3.32. The Kier molecular flexibility index (Phi) is 6.93. The van der Waals surface area contributed by atoms with Gasteiger partial charge in [-0.1, -0.05) is 26.3 Å². The van der Waals surface area contributed by atoms with Gasteiger partial charge in [-0.25, -0.2) is 4.98 Å². The molecule has 22 heavy (non-hydrogen) atoms. The van der Waals surface area contributed by atoms with Crippen molar-refractivity contribution in [1.29, 1.82) is 0 Å². The lowest BCUT2D eigenvalue weighted by Gasteiger charge is -2.09. The fraction of sp³-hybridized carbons (Fsp3) is 0.412. The van der Waals surface area contributed by atoms with Gasteiger partial charge in [0.15, 0.2) is 0 Å². The first-order chi connectivity index (χ1) is 10.7. The molecule has 0 aliphatic heterocycles. The van der Waals surface area contributed by atoms with Gasteiger partial charge in [0, 0.05) is 11.1 Å². The molecule has 0 aromatic carbocycles. The summed E-state index contributed by atoms with van der Waals surface area (Å²) in [5, 5.41) is 5.81. The standard InChI is InChI=1S/C17H22N2OS2/c1-13(2)6-4-11-22-17-15(8-3-9-18-17)16(20)19-12-14-7-5-10-21-14/h3,5,7-10,13H,4,6,11-12H2,1-2H3,(H,19,20). The molecule has 5 heteroatoms. The molecule has 1 N–H and O–H groups in total. The molecule has 0 unspecified atom stereocenters. The molecular formula is C17H22N2OS2. The van der Waals surface area contributed by atoms with Gasteiger partial charge in [0.1, 0.15) is 5.03 Å². The number of amides is 1. The van der Waals surface area contributed by atoms with Crippen molar-refractivity contribution in [3.05, 3.63) is 46.3 Å². The molecule has 0 saturated carbocycles. The topological polar surface area (TPSA) is 42.0 Å². The van der Waals surface area contributed by atoms with Gasteiger partial charge in [0.25, 0.3) is 5.91 Å². The van der Waals surface area contributed by atoms with Gasteiger partial charge in [-0.15, -0.1) is 23.1 Å². The molecule has 2 heterocycles. The number of nitrogens with one attached hydrogen (secondary N) is 1. The highest BCUT2D eigenvalue weighted by Gasteiger charge is 2.12. The van der Waals surface area contributed by atoms with Crippen LogP contribution in [0.1, 0.15) is 41.9 Å². The van der Waals surface area contributed by atoms with Crippen molar-refractivity contribution in [3.63, 3.8) is 0 Å². The highest BCUT2D eigenvalue weighted by molar-refractivity contribution is 7.99. The first-order valence-corrected chi connectivity index (χ1v) is 9.41. The maximum atomic E-state index is 12.3. The van der Waals surface area contributed by atoms with E-state index in [4.69, 9.17) is 0 Å². The summed E-state index contributed by atoms with van der Waals surface area (Å²) in [7, 11) is 0. The molecule has 0 radical (unpaired) electrons. The molecular weight excluding hydrogens is 312 g/mol. The zero-order valence-electron chi connectivity index (χ0n) is 13.0. The van der Waals surface area contributed by atoms with E-state index < -0.39 is 0 Å². The first-order valence-electron chi connectivity index (χ1n) is 7.55. The van der Waals surface area contributed by atoms with Crippen LogP contribution in [-0.2, 0) is 6.54 Å². The number of rotatable bonds is 8. The van der Waals surface area contributed by atoms with Crippen molar-refractivity contribution in [2.24, 2.45) is 5.92 Å². The minimum Gasteiger partial charge on any atom is -0.347 e. The van der Waals surface area contributed by atoms with Crippen LogP contribution in [0, 0.1) is 5.92 Å². The SMILES string of the molecule is CC(C)CCCSc1ncccc1C(=O)NCc1cccs1. The monoisotopic (exact) mass is 334 g/mol. The van der Waals surface area contributed by atoms with Gasteiger partial charge in [-0.3, -0.25) is 4.79 Å². The second-order valence-corrected chi connectivity index (χ2v) is 7.62. The second-order valence-electron chi connectivity index (χ2n) is 5.50. The molecule has 0 spiro atoms. The lowest BCUT2D eigenvalue weighted by molar-refractivity contribution is 0.0947. The Morgan fingerprint density at radius 3 is 2.95 bits per heavy atom. The van der Waals surface area contributed by atoms with Gasteiger partial charge >= 0.3 is 0 Å². The maximum absolute atomic E-state index is 12.3. The Hall–Kier alpha value is -1.33. The number of hydrogen-bond donors (Lipinski definition) is 1. The van der Waals surface area contributed by atoms with Crippen LogP contribution in [0.5, 0.6) is 0 Å². The fourth-order valence-corrected chi connectivity index (χ4v) is 3.62. The highest BCUT2D eigenvalue weighted by atomic mass is 32.2. The van der Waals surface area contributed by atoms with E-state index in [-0.39, 0.29) is 5.91 Å². The zero-order chi connectivity index (χ0) is 15.8. The Labute approximate surface area is 140 Å². The van der Waals surface area contributed by atoms with Crippen molar-refractivity contribution < 1.29 is 4.79 Å². The Morgan fingerprint density at radius 1 is 1.36 bits per heavy atom. The van der Waals surface area contributed by atoms with Gasteiger partial charge in [0.2, 0.25) is 0 Å². The van der Waals surface area contributed by atoms with Crippen LogP contribution in [0.4, 0.5) is 0 Å². The number of carbonyl (C=O) groups excluding carboxylic acids is 1. The summed E-state index contributed by atoms with van der Waals surface area (Å²) in [6.45, 7) is 5.03. The number of thioether (sulfide) groups is 1.